The Labute approximate surface area is 108 Å². The van der Waals surface area contributed by atoms with Crippen molar-refractivity contribution in [2.24, 2.45) is 5.73 Å². The number of benzene rings is 1. The van der Waals surface area contributed by atoms with E-state index in [0.717, 1.165) is 18.2 Å². The first-order valence-electron chi connectivity index (χ1n) is 5.74. The lowest BCUT2D eigenvalue weighted by atomic mass is 10.2. The minimum atomic E-state index is -0.644. The number of aromatic nitrogens is 2. The van der Waals surface area contributed by atoms with Gasteiger partial charge < -0.3 is 15.0 Å². The van der Waals surface area contributed by atoms with Gasteiger partial charge in [-0.05, 0) is 25.1 Å². The van der Waals surface area contributed by atoms with Gasteiger partial charge in [-0.3, -0.25) is 0 Å². The maximum Gasteiger partial charge on any atom is 0.261 e. The van der Waals surface area contributed by atoms with Crippen molar-refractivity contribution in [2.75, 3.05) is 13.2 Å². The Morgan fingerprint density at radius 1 is 1.42 bits per heavy atom. The van der Waals surface area contributed by atoms with Crippen LogP contribution in [0.5, 0.6) is 0 Å². The van der Waals surface area contributed by atoms with Crippen LogP contribution in [-0.2, 0) is 4.74 Å². The number of hydrogen-bond acceptors (Lipinski definition) is 5. The number of nitrogens with zero attached hydrogens (tertiary/aromatic N) is 2. The largest absolute Gasteiger partial charge is 0.380 e. The molecule has 1 aromatic heterocycles. The maximum absolute atomic E-state index is 13.5. The summed E-state index contributed by atoms with van der Waals surface area (Å²) in [7, 11) is 0. The maximum atomic E-state index is 13.5. The van der Waals surface area contributed by atoms with E-state index in [1.54, 1.807) is 0 Å². The molecular formula is C12H13F2N3O2. The molecule has 0 saturated carbocycles. The minimum Gasteiger partial charge on any atom is -0.380 e. The summed E-state index contributed by atoms with van der Waals surface area (Å²) in [6.07, 6.45) is 0. The van der Waals surface area contributed by atoms with Gasteiger partial charge in [0.1, 0.15) is 11.6 Å². The molecule has 1 atom stereocenters. The van der Waals surface area contributed by atoms with E-state index in [1.807, 2.05) is 6.92 Å². The van der Waals surface area contributed by atoms with Crippen molar-refractivity contribution in [3.05, 3.63) is 35.7 Å². The van der Waals surface area contributed by atoms with E-state index in [2.05, 4.69) is 10.1 Å². The van der Waals surface area contributed by atoms with Crippen molar-refractivity contribution in [3.8, 4) is 11.5 Å². The minimum absolute atomic E-state index is 0.0950. The highest BCUT2D eigenvalue weighted by atomic mass is 19.1. The summed E-state index contributed by atoms with van der Waals surface area (Å²) in [6, 6.07) is 2.42. The van der Waals surface area contributed by atoms with Crippen LogP contribution < -0.4 is 5.73 Å². The smallest absolute Gasteiger partial charge is 0.261 e. The molecule has 0 radical (unpaired) electrons. The molecule has 0 aliphatic rings. The van der Waals surface area contributed by atoms with E-state index < -0.39 is 17.7 Å². The molecule has 0 aliphatic heterocycles. The zero-order valence-corrected chi connectivity index (χ0v) is 10.3. The molecule has 1 heterocycles. The molecule has 5 nitrogen and oxygen atoms in total. The summed E-state index contributed by atoms with van der Waals surface area (Å²) >= 11 is 0. The van der Waals surface area contributed by atoms with Crippen molar-refractivity contribution >= 4 is 0 Å². The molecule has 0 saturated heterocycles. The Hall–Kier alpha value is -1.86. The molecule has 1 unspecified atom stereocenters. The Balaban J connectivity index is 2.23. The number of nitrogens with two attached hydrogens (primary N) is 1. The van der Waals surface area contributed by atoms with Crippen molar-refractivity contribution in [1.29, 1.82) is 0 Å². The molecule has 2 N–H and O–H groups in total. The van der Waals surface area contributed by atoms with Gasteiger partial charge in [-0.25, -0.2) is 8.78 Å². The van der Waals surface area contributed by atoms with Crippen LogP contribution in [0.25, 0.3) is 11.5 Å². The number of rotatable bonds is 5. The van der Waals surface area contributed by atoms with Crippen molar-refractivity contribution in [2.45, 2.75) is 13.0 Å². The summed E-state index contributed by atoms with van der Waals surface area (Å²) in [4.78, 5) is 3.95. The van der Waals surface area contributed by atoms with Gasteiger partial charge in [0.15, 0.2) is 5.82 Å². The van der Waals surface area contributed by atoms with Gasteiger partial charge in [-0.1, -0.05) is 5.16 Å². The molecule has 1 aromatic carbocycles. The molecule has 0 spiro atoms. The summed E-state index contributed by atoms with van der Waals surface area (Å²) < 4.78 is 36.6. The summed E-state index contributed by atoms with van der Waals surface area (Å²) in [5.41, 5.74) is 5.67. The van der Waals surface area contributed by atoms with E-state index >= 15 is 0 Å². The Morgan fingerprint density at radius 3 is 2.95 bits per heavy atom. The second kappa shape index (κ2) is 5.85. The lowest BCUT2D eigenvalue weighted by molar-refractivity contribution is 0.130. The highest BCUT2D eigenvalue weighted by molar-refractivity contribution is 5.53. The lowest BCUT2D eigenvalue weighted by Gasteiger charge is -2.05. The number of halogens is 2. The Morgan fingerprint density at radius 2 is 2.21 bits per heavy atom. The van der Waals surface area contributed by atoms with Gasteiger partial charge in [-0.2, -0.15) is 4.98 Å². The van der Waals surface area contributed by atoms with Gasteiger partial charge in [-0.15, -0.1) is 0 Å². The molecule has 0 aliphatic carbocycles. The van der Waals surface area contributed by atoms with E-state index in [1.165, 1.54) is 0 Å². The van der Waals surface area contributed by atoms with E-state index in [4.69, 9.17) is 15.0 Å². The van der Waals surface area contributed by atoms with Crippen LogP contribution in [-0.4, -0.2) is 23.4 Å². The molecule has 102 valence electrons. The molecule has 7 heteroatoms. The summed E-state index contributed by atoms with van der Waals surface area (Å²) in [6.45, 7) is 2.56. The molecule has 0 fully saturated rings. The fourth-order valence-corrected chi connectivity index (χ4v) is 1.48. The number of ether oxygens (including phenoxy) is 1. The second-order valence-electron chi connectivity index (χ2n) is 3.85. The normalized spacial score (nSPS) is 12.6. The molecular weight excluding hydrogens is 256 g/mol. The van der Waals surface area contributed by atoms with Crippen LogP contribution in [0.2, 0.25) is 0 Å². The van der Waals surface area contributed by atoms with Crippen LogP contribution in [0.15, 0.2) is 22.7 Å². The van der Waals surface area contributed by atoms with Crippen LogP contribution in [0.1, 0.15) is 18.8 Å². The van der Waals surface area contributed by atoms with Gasteiger partial charge in [0.2, 0.25) is 0 Å². The molecule has 0 amide bonds. The van der Waals surface area contributed by atoms with Crippen molar-refractivity contribution < 1.29 is 18.0 Å². The first kappa shape index (κ1) is 13.6. The van der Waals surface area contributed by atoms with Crippen LogP contribution in [0.3, 0.4) is 0 Å². The molecule has 19 heavy (non-hydrogen) atoms. The first-order valence-corrected chi connectivity index (χ1v) is 5.74. The van der Waals surface area contributed by atoms with Crippen molar-refractivity contribution in [3.63, 3.8) is 0 Å². The average Bonchev–Trinajstić information content (AvgIpc) is 2.88. The highest BCUT2D eigenvalue weighted by Crippen LogP contribution is 2.23. The zero-order chi connectivity index (χ0) is 13.8. The Bertz CT molecular complexity index is 560. The fraction of sp³-hybridized carbons (Fsp3) is 0.333. The topological polar surface area (TPSA) is 74.2 Å². The predicted octanol–water partition coefficient (Wildman–Crippen LogP) is 2.05. The van der Waals surface area contributed by atoms with Crippen LogP contribution in [0.4, 0.5) is 8.78 Å². The van der Waals surface area contributed by atoms with Crippen LogP contribution >= 0.6 is 0 Å². The zero-order valence-electron chi connectivity index (χ0n) is 10.3. The SMILES string of the molecule is CCOCC(N)c1noc(-c2cc(F)ccc2F)n1. The second-order valence-corrected chi connectivity index (χ2v) is 3.85. The third kappa shape index (κ3) is 3.12. The predicted molar refractivity (Wildman–Crippen MR) is 63.1 cm³/mol. The van der Waals surface area contributed by atoms with E-state index in [0.29, 0.717) is 6.61 Å². The third-order valence-corrected chi connectivity index (χ3v) is 2.43. The highest BCUT2D eigenvalue weighted by Gasteiger charge is 2.18. The number of hydrogen-bond donors (Lipinski definition) is 1. The van der Waals surface area contributed by atoms with E-state index in [-0.39, 0.29) is 23.9 Å². The standard InChI is InChI=1S/C12H13F2N3O2/c1-2-18-6-10(15)11-16-12(19-17-11)8-5-7(13)3-4-9(8)14/h3-5,10H,2,6,15H2,1H3. The van der Waals surface area contributed by atoms with Gasteiger partial charge >= 0.3 is 0 Å². The molecule has 2 rings (SSSR count). The van der Waals surface area contributed by atoms with E-state index in [9.17, 15) is 8.78 Å². The summed E-state index contributed by atoms with van der Waals surface area (Å²) in [5, 5.41) is 3.64. The summed E-state index contributed by atoms with van der Waals surface area (Å²) in [5.74, 6) is -1.16. The molecule has 0 bridgehead atoms. The quantitative estimate of drug-likeness (QED) is 0.899. The van der Waals surface area contributed by atoms with Gasteiger partial charge in [0.05, 0.1) is 18.2 Å². The lowest BCUT2D eigenvalue weighted by Crippen LogP contribution is -2.18. The Kier molecular flexibility index (Phi) is 4.18. The molecule has 2 aromatic rings. The average molecular weight is 269 g/mol. The van der Waals surface area contributed by atoms with Crippen molar-refractivity contribution in [1.82, 2.24) is 10.1 Å². The third-order valence-electron chi connectivity index (χ3n) is 2.43. The van der Waals surface area contributed by atoms with Gasteiger partial charge in [0.25, 0.3) is 5.89 Å². The fourth-order valence-electron chi connectivity index (χ4n) is 1.48. The monoisotopic (exact) mass is 269 g/mol. The van der Waals surface area contributed by atoms with Gasteiger partial charge in [0, 0.05) is 6.61 Å². The first-order chi connectivity index (χ1) is 9.11. The van der Waals surface area contributed by atoms with Crippen LogP contribution in [0, 0.1) is 11.6 Å².